The Bertz CT molecular complexity index is 781. The molecule has 1 N–H and O–H groups in total. The lowest BCUT2D eigenvalue weighted by Crippen LogP contribution is -2.18. The maximum atomic E-state index is 6.26. The molecule has 0 aliphatic heterocycles. The highest BCUT2D eigenvalue weighted by Gasteiger charge is 2.16. The first-order chi connectivity index (χ1) is 10.2. The number of hydrogen-bond donors (Lipinski definition) is 1. The van der Waals surface area contributed by atoms with Crippen molar-refractivity contribution in [2.75, 3.05) is 7.05 Å². The van der Waals surface area contributed by atoms with Crippen LogP contribution >= 0.6 is 11.6 Å². The van der Waals surface area contributed by atoms with Crippen molar-refractivity contribution in [3.05, 3.63) is 70.5 Å². The Balaban J connectivity index is 2.16. The number of nitrogens with zero attached hydrogens (tertiary/aromatic N) is 2. The number of aromatic nitrogens is 2. The zero-order valence-corrected chi connectivity index (χ0v) is 12.7. The summed E-state index contributed by atoms with van der Waals surface area (Å²) in [5.74, 6) is 0. The number of hydrogen-bond acceptors (Lipinski definition) is 3. The number of rotatable bonds is 3. The van der Waals surface area contributed by atoms with Gasteiger partial charge in [-0.2, -0.15) is 0 Å². The van der Waals surface area contributed by atoms with Crippen molar-refractivity contribution in [2.45, 2.75) is 13.0 Å². The highest BCUT2D eigenvalue weighted by Crippen LogP contribution is 2.29. The molecule has 0 aliphatic rings. The van der Waals surface area contributed by atoms with E-state index in [-0.39, 0.29) is 6.04 Å². The molecule has 1 aromatic heterocycles. The number of halogens is 1. The summed E-state index contributed by atoms with van der Waals surface area (Å²) in [6.45, 7) is 2.00. The third kappa shape index (κ3) is 2.62. The van der Waals surface area contributed by atoms with Gasteiger partial charge in [0.05, 0.1) is 17.1 Å². The lowest BCUT2D eigenvalue weighted by molar-refractivity contribution is 0.695. The summed E-state index contributed by atoms with van der Waals surface area (Å²) in [5.41, 5.74) is 5.10. The van der Waals surface area contributed by atoms with Gasteiger partial charge in [-0.25, -0.2) is 0 Å². The molecule has 1 atom stereocenters. The Morgan fingerprint density at radius 1 is 1.10 bits per heavy atom. The summed E-state index contributed by atoms with van der Waals surface area (Å²) >= 11 is 6.26. The second-order valence-electron chi connectivity index (χ2n) is 5.00. The number of benzene rings is 2. The lowest BCUT2D eigenvalue weighted by Gasteiger charge is -2.19. The van der Waals surface area contributed by atoms with Gasteiger partial charge in [-0.05, 0) is 37.2 Å². The second kappa shape index (κ2) is 5.80. The van der Waals surface area contributed by atoms with Crippen LogP contribution in [0.2, 0.25) is 5.02 Å². The Hall–Kier alpha value is -1.97. The molecule has 0 spiro atoms. The molecule has 0 bridgehead atoms. The zero-order valence-electron chi connectivity index (χ0n) is 12.0. The molecule has 3 rings (SSSR count). The highest BCUT2D eigenvalue weighted by atomic mass is 35.5. The van der Waals surface area contributed by atoms with E-state index in [0.717, 1.165) is 32.7 Å². The fraction of sp³-hybridized carbons (Fsp3) is 0.176. The maximum absolute atomic E-state index is 6.26. The van der Waals surface area contributed by atoms with E-state index in [1.165, 1.54) is 0 Å². The molecule has 0 fully saturated rings. The van der Waals surface area contributed by atoms with Crippen LogP contribution in [0.25, 0.3) is 11.0 Å². The van der Waals surface area contributed by atoms with Gasteiger partial charge in [0.25, 0.3) is 0 Å². The van der Waals surface area contributed by atoms with Crippen molar-refractivity contribution >= 4 is 22.6 Å². The SMILES string of the molecule is CNC(c1ccc(C)c(Cl)c1)c1cccc2nccnc12. The molecule has 0 amide bonds. The average Bonchev–Trinajstić information content (AvgIpc) is 2.52. The highest BCUT2D eigenvalue weighted by molar-refractivity contribution is 6.31. The third-order valence-corrected chi connectivity index (χ3v) is 4.07. The van der Waals surface area contributed by atoms with Crippen LogP contribution in [0.1, 0.15) is 22.7 Å². The van der Waals surface area contributed by atoms with Gasteiger partial charge in [0, 0.05) is 23.0 Å². The fourth-order valence-corrected chi connectivity index (χ4v) is 2.73. The number of para-hydroxylation sites is 1. The third-order valence-electron chi connectivity index (χ3n) is 3.66. The first-order valence-electron chi connectivity index (χ1n) is 6.83. The Kier molecular flexibility index (Phi) is 3.86. The normalized spacial score (nSPS) is 12.5. The Labute approximate surface area is 129 Å². The van der Waals surface area contributed by atoms with Crippen LogP contribution in [0.5, 0.6) is 0 Å². The molecular formula is C17H16ClN3. The van der Waals surface area contributed by atoms with Crippen LogP contribution in [-0.4, -0.2) is 17.0 Å². The van der Waals surface area contributed by atoms with Gasteiger partial charge in [0.1, 0.15) is 0 Å². The van der Waals surface area contributed by atoms with E-state index in [1.54, 1.807) is 12.4 Å². The quantitative estimate of drug-likeness (QED) is 0.797. The molecule has 0 radical (unpaired) electrons. The maximum Gasteiger partial charge on any atom is 0.0937 e. The molecule has 106 valence electrons. The van der Waals surface area contributed by atoms with Crippen molar-refractivity contribution in [3.8, 4) is 0 Å². The van der Waals surface area contributed by atoms with Crippen molar-refractivity contribution in [2.24, 2.45) is 0 Å². The minimum atomic E-state index is 0.0310. The van der Waals surface area contributed by atoms with Crippen molar-refractivity contribution in [1.29, 1.82) is 0 Å². The van der Waals surface area contributed by atoms with E-state index in [0.29, 0.717) is 0 Å². The van der Waals surface area contributed by atoms with E-state index in [9.17, 15) is 0 Å². The topological polar surface area (TPSA) is 37.8 Å². The van der Waals surface area contributed by atoms with E-state index in [1.807, 2.05) is 38.2 Å². The minimum Gasteiger partial charge on any atom is -0.309 e. The van der Waals surface area contributed by atoms with Crippen LogP contribution in [0.3, 0.4) is 0 Å². The Morgan fingerprint density at radius 3 is 2.67 bits per heavy atom. The zero-order chi connectivity index (χ0) is 14.8. The summed E-state index contributed by atoms with van der Waals surface area (Å²) < 4.78 is 0. The van der Waals surface area contributed by atoms with Gasteiger partial charge >= 0.3 is 0 Å². The summed E-state index contributed by atoms with van der Waals surface area (Å²) in [7, 11) is 1.94. The molecule has 2 aromatic carbocycles. The van der Waals surface area contributed by atoms with E-state index in [4.69, 9.17) is 11.6 Å². The molecule has 1 heterocycles. The van der Waals surface area contributed by atoms with E-state index in [2.05, 4.69) is 27.4 Å². The van der Waals surface area contributed by atoms with Crippen LogP contribution in [0, 0.1) is 6.92 Å². The van der Waals surface area contributed by atoms with Gasteiger partial charge in [-0.15, -0.1) is 0 Å². The average molecular weight is 298 g/mol. The summed E-state index contributed by atoms with van der Waals surface area (Å²) in [5, 5.41) is 4.12. The molecule has 3 aromatic rings. The molecule has 3 nitrogen and oxygen atoms in total. The van der Waals surface area contributed by atoms with Crippen LogP contribution in [-0.2, 0) is 0 Å². The largest absolute Gasteiger partial charge is 0.309 e. The second-order valence-corrected chi connectivity index (χ2v) is 5.41. The molecular weight excluding hydrogens is 282 g/mol. The number of nitrogens with one attached hydrogen (secondary N) is 1. The van der Waals surface area contributed by atoms with Crippen molar-refractivity contribution in [1.82, 2.24) is 15.3 Å². The molecule has 21 heavy (non-hydrogen) atoms. The predicted octanol–water partition coefficient (Wildman–Crippen LogP) is 3.90. The van der Waals surface area contributed by atoms with Crippen molar-refractivity contribution in [3.63, 3.8) is 0 Å². The van der Waals surface area contributed by atoms with Crippen LogP contribution in [0.15, 0.2) is 48.8 Å². The standard InChI is InChI=1S/C17H16ClN3/c1-11-6-7-12(10-14(11)18)16(19-2)13-4-3-5-15-17(13)21-9-8-20-15/h3-10,16,19H,1-2H3. The monoisotopic (exact) mass is 297 g/mol. The Morgan fingerprint density at radius 2 is 1.90 bits per heavy atom. The smallest absolute Gasteiger partial charge is 0.0937 e. The van der Waals surface area contributed by atoms with Crippen LogP contribution < -0.4 is 5.32 Å². The number of aryl methyl sites for hydroxylation is 1. The van der Waals surface area contributed by atoms with Gasteiger partial charge in [0.2, 0.25) is 0 Å². The number of fused-ring (bicyclic) bond motifs is 1. The molecule has 4 heteroatoms. The van der Waals surface area contributed by atoms with Gasteiger partial charge < -0.3 is 5.32 Å². The van der Waals surface area contributed by atoms with Crippen molar-refractivity contribution < 1.29 is 0 Å². The van der Waals surface area contributed by atoms with E-state index >= 15 is 0 Å². The molecule has 0 saturated heterocycles. The minimum absolute atomic E-state index is 0.0310. The summed E-state index contributed by atoms with van der Waals surface area (Å²) in [6.07, 6.45) is 3.43. The molecule has 1 unspecified atom stereocenters. The lowest BCUT2D eigenvalue weighted by atomic mass is 9.96. The van der Waals surface area contributed by atoms with E-state index < -0.39 is 0 Å². The summed E-state index contributed by atoms with van der Waals surface area (Å²) in [4.78, 5) is 8.85. The first kappa shape index (κ1) is 14.0. The van der Waals surface area contributed by atoms with Gasteiger partial charge in [-0.3, -0.25) is 9.97 Å². The predicted molar refractivity (Wildman–Crippen MR) is 86.6 cm³/mol. The molecule has 0 aliphatic carbocycles. The molecule has 0 saturated carbocycles. The van der Waals surface area contributed by atoms with Gasteiger partial charge in [-0.1, -0.05) is 35.9 Å². The van der Waals surface area contributed by atoms with Gasteiger partial charge in [0.15, 0.2) is 0 Å². The van der Waals surface area contributed by atoms with Crippen LogP contribution in [0.4, 0.5) is 0 Å². The fourth-order valence-electron chi connectivity index (χ4n) is 2.54. The first-order valence-corrected chi connectivity index (χ1v) is 7.21. The summed E-state index contributed by atoms with van der Waals surface area (Å²) in [6, 6.07) is 12.2.